The third-order valence-electron chi connectivity index (χ3n) is 4.58. The highest BCUT2D eigenvalue weighted by atomic mass is 16.2. The number of aryl methyl sites for hydroxylation is 1. The molecule has 0 aliphatic carbocycles. The highest BCUT2D eigenvalue weighted by molar-refractivity contribution is 6.04. The number of hydrogen-bond donors (Lipinski definition) is 2. The third-order valence-corrected chi connectivity index (χ3v) is 4.58. The van der Waals surface area contributed by atoms with Crippen molar-refractivity contribution in [2.24, 2.45) is 5.92 Å². The van der Waals surface area contributed by atoms with Crippen molar-refractivity contribution in [3.05, 3.63) is 54.1 Å². The van der Waals surface area contributed by atoms with Crippen LogP contribution >= 0.6 is 0 Å². The fraction of sp³-hybridized carbons (Fsp3) is 0.286. The van der Waals surface area contributed by atoms with E-state index in [1.807, 2.05) is 24.3 Å². The topological polar surface area (TPSA) is 78.5 Å². The van der Waals surface area contributed by atoms with Gasteiger partial charge in [-0.1, -0.05) is 25.1 Å². The number of hydrogen-bond acceptors (Lipinski definition) is 3. The van der Waals surface area contributed by atoms with Gasteiger partial charge in [-0.25, -0.2) is 0 Å². The minimum atomic E-state index is -0.410. The number of amides is 3. The lowest BCUT2D eigenvalue weighted by atomic mass is 10.1. The maximum absolute atomic E-state index is 12.6. The average Bonchev–Trinajstić information content (AvgIpc) is 3.03. The molecule has 2 N–H and O–H groups in total. The van der Waals surface area contributed by atoms with Crippen molar-refractivity contribution < 1.29 is 14.4 Å². The zero-order valence-electron chi connectivity index (χ0n) is 15.5. The molecule has 1 fully saturated rings. The molecule has 0 bridgehead atoms. The minimum absolute atomic E-state index is 0.0996. The van der Waals surface area contributed by atoms with Crippen LogP contribution in [-0.4, -0.2) is 24.3 Å². The predicted octanol–water partition coefficient (Wildman–Crippen LogP) is 3.20. The van der Waals surface area contributed by atoms with Crippen molar-refractivity contribution in [2.45, 2.75) is 26.7 Å². The molecule has 140 valence electrons. The summed E-state index contributed by atoms with van der Waals surface area (Å²) >= 11 is 0. The molecular weight excluding hydrogens is 342 g/mol. The number of rotatable bonds is 5. The Morgan fingerprint density at radius 1 is 1.07 bits per heavy atom. The van der Waals surface area contributed by atoms with E-state index in [2.05, 4.69) is 17.6 Å². The molecule has 6 nitrogen and oxygen atoms in total. The molecule has 3 amide bonds. The molecule has 1 aliphatic rings. The molecule has 1 atom stereocenters. The van der Waals surface area contributed by atoms with E-state index in [0.29, 0.717) is 17.9 Å². The third kappa shape index (κ3) is 4.53. The smallest absolute Gasteiger partial charge is 0.229 e. The van der Waals surface area contributed by atoms with Crippen LogP contribution in [0.4, 0.5) is 17.1 Å². The lowest BCUT2D eigenvalue weighted by Crippen LogP contribution is -2.28. The molecule has 1 aliphatic heterocycles. The van der Waals surface area contributed by atoms with Crippen molar-refractivity contribution in [1.82, 2.24) is 0 Å². The summed E-state index contributed by atoms with van der Waals surface area (Å²) in [6.45, 7) is 3.81. The number of benzene rings is 2. The molecule has 1 saturated heterocycles. The standard InChI is InChI=1S/C21H23N3O3/c1-3-15-6-4-7-17(10-15)23-21(27)16-11-20(26)24(13-16)19-9-5-8-18(12-19)22-14(2)25/h4-10,12,16H,3,11,13H2,1-2H3,(H,22,25)(H,23,27). The Labute approximate surface area is 158 Å². The maximum Gasteiger partial charge on any atom is 0.229 e. The molecule has 3 rings (SSSR count). The lowest BCUT2D eigenvalue weighted by Gasteiger charge is -2.18. The Bertz CT molecular complexity index is 878. The zero-order valence-corrected chi connectivity index (χ0v) is 15.5. The van der Waals surface area contributed by atoms with E-state index in [4.69, 9.17) is 0 Å². The van der Waals surface area contributed by atoms with Gasteiger partial charge in [0.25, 0.3) is 0 Å². The van der Waals surface area contributed by atoms with Gasteiger partial charge in [0, 0.05) is 37.0 Å². The van der Waals surface area contributed by atoms with Gasteiger partial charge in [0.1, 0.15) is 0 Å². The van der Waals surface area contributed by atoms with Gasteiger partial charge in [0.15, 0.2) is 0 Å². The number of nitrogens with zero attached hydrogens (tertiary/aromatic N) is 1. The quantitative estimate of drug-likeness (QED) is 0.854. The molecule has 1 unspecified atom stereocenters. The minimum Gasteiger partial charge on any atom is -0.326 e. The molecule has 0 saturated carbocycles. The summed E-state index contributed by atoms with van der Waals surface area (Å²) < 4.78 is 0. The fourth-order valence-corrected chi connectivity index (χ4v) is 3.20. The van der Waals surface area contributed by atoms with Gasteiger partial charge in [-0.15, -0.1) is 0 Å². The molecule has 0 aromatic heterocycles. The Kier molecular flexibility index (Phi) is 5.54. The van der Waals surface area contributed by atoms with Gasteiger partial charge in [0.2, 0.25) is 17.7 Å². The van der Waals surface area contributed by atoms with Crippen molar-refractivity contribution in [2.75, 3.05) is 22.1 Å². The van der Waals surface area contributed by atoms with Crippen LogP contribution in [0.2, 0.25) is 0 Å². The first-order valence-corrected chi connectivity index (χ1v) is 9.04. The number of carbonyl (C=O) groups is 3. The first-order valence-electron chi connectivity index (χ1n) is 9.04. The van der Waals surface area contributed by atoms with Crippen molar-refractivity contribution in [1.29, 1.82) is 0 Å². The number of anilines is 3. The molecule has 0 radical (unpaired) electrons. The van der Waals surface area contributed by atoms with Gasteiger partial charge >= 0.3 is 0 Å². The second kappa shape index (κ2) is 8.03. The largest absolute Gasteiger partial charge is 0.326 e. The highest BCUT2D eigenvalue weighted by Gasteiger charge is 2.35. The van der Waals surface area contributed by atoms with E-state index in [0.717, 1.165) is 17.7 Å². The second-order valence-corrected chi connectivity index (χ2v) is 6.68. The highest BCUT2D eigenvalue weighted by Crippen LogP contribution is 2.28. The molecule has 6 heteroatoms. The van der Waals surface area contributed by atoms with E-state index in [-0.39, 0.29) is 24.1 Å². The van der Waals surface area contributed by atoms with Gasteiger partial charge < -0.3 is 15.5 Å². The normalized spacial score (nSPS) is 16.3. The van der Waals surface area contributed by atoms with Crippen LogP contribution in [0.25, 0.3) is 0 Å². The van der Waals surface area contributed by atoms with E-state index >= 15 is 0 Å². The van der Waals surface area contributed by atoms with Crippen molar-refractivity contribution >= 4 is 34.8 Å². The first-order chi connectivity index (χ1) is 13.0. The molecular formula is C21H23N3O3. The monoisotopic (exact) mass is 365 g/mol. The summed E-state index contributed by atoms with van der Waals surface area (Å²) in [5.74, 6) is -0.840. The van der Waals surface area contributed by atoms with Gasteiger partial charge in [-0.2, -0.15) is 0 Å². The van der Waals surface area contributed by atoms with E-state index in [9.17, 15) is 14.4 Å². The van der Waals surface area contributed by atoms with E-state index in [1.54, 1.807) is 29.2 Å². The van der Waals surface area contributed by atoms with Gasteiger partial charge in [-0.3, -0.25) is 14.4 Å². The van der Waals surface area contributed by atoms with Crippen molar-refractivity contribution in [3.8, 4) is 0 Å². The van der Waals surface area contributed by atoms with Crippen molar-refractivity contribution in [3.63, 3.8) is 0 Å². The Morgan fingerprint density at radius 3 is 2.48 bits per heavy atom. The summed E-state index contributed by atoms with van der Waals surface area (Å²) in [4.78, 5) is 37.9. The van der Waals surface area contributed by atoms with Crippen LogP contribution < -0.4 is 15.5 Å². The Morgan fingerprint density at radius 2 is 1.78 bits per heavy atom. The lowest BCUT2D eigenvalue weighted by molar-refractivity contribution is -0.122. The van der Waals surface area contributed by atoms with Crippen LogP contribution in [0, 0.1) is 5.92 Å². The second-order valence-electron chi connectivity index (χ2n) is 6.68. The summed E-state index contributed by atoms with van der Waals surface area (Å²) in [6.07, 6.45) is 1.06. The van der Waals surface area contributed by atoms with Crippen LogP contribution in [-0.2, 0) is 20.8 Å². The molecule has 27 heavy (non-hydrogen) atoms. The number of carbonyl (C=O) groups excluding carboxylic acids is 3. The SMILES string of the molecule is CCc1cccc(NC(=O)C2CC(=O)N(c3cccc(NC(C)=O)c3)C2)c1. The first kappa shape index (κ1) is 18.6. The fourth-order valence-electron chi connectivity index (χ4n) is 3.20. The summed E-state index contributed by atoms with van der Waals surface area (Å²) in [6, 6.07) is 14.8. The van der Waals surface area contributed by atoms with E-state index < -0.39 is 5.92 Å². The maximum atomic E-state index is 12.6. The van der Waals surface area contributed by atoms with Crippen LogP contribution in [0.3, 0.4) is 0 Å². The summed E-state index contributed by atoms with van der Waals surface area (Å²) in [5.41, 5.74) is 3.19. The Hall–Kier alpha value is -3.15. The summed E-state index contributed by atoms with van der Waals surface area (Å²) in [5, 5.41) is 5.62. The molecule has 0 spiro atoms. The molecule has 2 aromatic carbocycles. The van der Waals surface area contributed by atoms with E-state index in [1.165, 1.54) is 6.92 Å². The van der Waals surface area contributed by atoms with Crippen LogP contribution in [0.5, 0.6) is 0 Å². The zero-order chi connectivity index (χ0) is 19.4. The molecule has 2 aromatic rings. The summed E-state index contributed by atoms with van der Waals surface area (Å²) in [7, 11) is 0. The predicted molar refractivity (Wildman–Crippen MR) is 106 cm³/mol. The number of nitrogens with one attached hydrogen (secondary N) is 2. The van der Waals surface area contributed by atoms with Gasteiger partial charge in [-0.05, 0) is 42.3 Å². The van der Waals surface area contributed by atoms with Crippen LogP contribution in [0.1, 0.15) is 25.8 Å². The Balaban J connectivity index is 1.69. The molecule has 1 heterocycles. The van der Waals surface area contributed by atoms with Crippen LogP contribution in [0.15, 0.2) is 48.5 Å². The average molecular weight is 365 g/mol. The van der Waals surface area contributed by atoms with Gasteiger partial charge in [0.05, 0.1) is 5.92 Å².